The van der Waals surface area contributed by atoms with E-state index in [2.05, 4.69) is 40.7 Å². The number of morpholine rings is 1. The van der Waals surface area contributed by atoms with Gasteiger partial charge in [-0.15, -0.1) is 11.8 Å². The van der Waals surface area contributed by atoms with E-state index < -0.39 is 0 Å². The van der Waals surface area contributed by atoms with Gasteiger partial charge in [0.2, 0.25) is 0 Å². The zero-order valence-corrected chi connectivity index (χ0v) is 13.0. The summed E-state index contributed by atoms with van der Waals surface area (Å²) >= 11 is 1.79. The lowest BCUT2D eigenvalue weighted by molar-refractivity contribution is -0.00000533. The van der Waals surface area contributed by atoms with Crippen molar-refractivity contribution in [3.63, 3.8) is 0 Å². The smallest absolute Gasteiger partial charge is 0.0594 e. The monoisotopic (exact) mass is 301 g/mol. The van der Waals surface area contributed by atoms with Gasteiger partial charge in [0, 0.05) is 37.6 Å². The molecular weight excluding hydrogens is 280 g/mol. The van der Waals surface area contributed by atoms with Crippen molar-refractivity contribution in [1.29, 1.82) is 0 Å². The Morgan fingerprint density at radius 2 is 1.89 bits per heavy atom. The predicted molar refractivity (Wildman–Crippen MR) is 77.2 cm³/mol. The van der Waals surface area contributed by atoms with E-state index in [0.717, 1.165) is 45.9 Å². The lowest BCUT2D eigenvalue weighted by Gasteiger charge is -2.26. The van der Waals surface area contributed by atoms with Gasteiger partial charge in [-0.2, -0.15) is 0 Å². The summed E-state index contributed by atoms with van der Waals surface area (Å²) in [6, 6.07) is 8.77. The van der Waals surface area contributed by atoms with Gasteiger partial charge in [0.1, 0.15) is 0 Å². The molecule has 1 saturated heterocycles. The molecular formula is C14H22ClN2OS-. The number of hydrogen-bond donors (Lipinski definition) is 1. The highest BCUT2D eigenvalue weighted by molar-refractivity contribution is 7.98. The molecule has 2 rings (SSSR count). The summed E-state index contributed by atoms with van der Waals surface area (Å²) in [5.41, 5.74) is 1.36. The molecule has 0 amide bonds. The lowest BCUT2D eigenvalue weighted by atomic mass is 10.2. The quantitative estimate of drug-likeness (QED) is 0.529. The fraction of sp³-hybridized carbons (Fsp3) is 0.571. The minimum Gasteiger partial charge on any atom is -1.00 e. The van der Waals surface area contributed by atoms with Gasteiger partial charge in [0.15, 0.2) is 0 Å². The van der Waals surface area contributed by atoms with Crippen LogP contribution in [0.5, 0.6) is 0 Å². The van der Waals surface area contributed by atoms with Crippen LogP contribution in [0.2, 0.25) is 0 Å². The Kier molecular flexibility index (Phi) is 8.50. The summed E-state index contributed by atoms with van der Waals surface area (Å²) in [5, 5.41) is 3.50. The molecule has 0 unspecified atom stereocenters. The van der Waals surface area contributed by atoms with E-state index in [-0.39, 0.29) is 12.4 Å². The average Bonchev–Trinajstić information content (AvgIpc) is 2.45. The largest absolute Gasteiger partial charge is 1.00 e. The highest BCUT2D eigenvalue weighted by Gasteiger charge is 2.08. The van der Waals surface area contributed by atoms with Crippen LogP contribution in [0.15, 0.2) is 29.2 Å². The molecule has 19 heavy (non-hydrogen) atoms. The second-order valence-corrected chi connectivity index (χ2v) is 5.36. The standard InChI is InChI=1S/C14H22N2OS.ClH/c1-18-14-4-2-13(3-5-14)12-15-6-7-16-8-10-17-11-9-16;/h2-5,15H,6-12H2,1H3;1H/p-1. The van der Waals surface area contributed by atoms with Gasteiger partial charge in [0.05, 0.1) is 13.2 Å². The molecule has 1 aromatic rings. The number of nitrogens with one attached hydrogen (secondary N) is 1. The minimum absolute atomic E-state index is 0. The van der Waals surface area contributed by atoms with Gasteiger partial charge in [-0.1, -0.05) is 12.1 Å². The molecule has 0 spiro atoms. The van der Waals surface area contributed by atoms with E-state index >= 15 is 0 Å². The first-order chi connectivity index (χ1) is 8.88. The molecule has 1 fully saturated rings. The van der Waals surface area contributed by atoms with E-state index in [1.54, 1.807) is 11.8 Å². The van der Waals surface area contributed by atoms with Crippen LogP contribution in [0.1, 0.15) is 5.56 Å². The number of rotatable bonds is 6. The maximum absolute atomic E-state index is 5.33. The van der Waals surface area contributed by atoms with Crippen LogP contribution in [0.3, 0.4) is 0 Å². The summed E-state index contributed by atoms with van der Waals surface area (Å²) in [5.74, 6) is 0. The number of halogens is 1. The van der Waals surface area contributed by atoms with E-state index in [0.29, 0.717) is 0 Å². The fourth-order valence-electron chi connectivity index (χ4n) is 2.04. The molecule has 0 atom stereocenters. The summed E-state index contributed by atoms with van der Waals surface area (Å²) < 4.78 is 5.33. The van der Waals surface area contributed by atoms with E-state index in [1.165, 1.54) is 10.5 Å². The molecule has 0 aliphatic carbocycles. The van der Waals surface area contributed by atoms with E-state index in [1.807, 2.05) is 0 Å². The first-order valence-corrected chi connectivity index (χ1v) is 7.75. The third kappa shape index (κ3) is 6.15. The Labute approximate surface area is 126 Å². The zero-order chi connectivity index (χ0) is 12.6. The highest BCUT2D eigenvalue weighted by Crippen LogP contribution is 2.14. The van der Waals surface area contributed by atoms with Crippen molar-refractivity contribution in [2.75, 3.05) is 45.6 Å². The van der Waals surface area contributed by atoms with Gasteiger partial charge in [-0.25, -0.2) is 0 Å². The maximum Gasteiger partial charge on any atom is 0.0594 e. The second-order valence-electron chi connectivity index (χ2n) is 4.48. The Morgan fingerprint density at radius 1 is 1.21 bits per heavy atom. The zero-order valence-electron chi connectivity index (χ0n) is 11.4. The van der Waals surface area contributed by atoms with Crippen molar-refractivity contribution in [1.82, 2.24) is 10.2 Å². The van der Waals surface area contributed by atoms with Gasteiger partial charge in [-0.05, 0) is 24.0 Å². The van der Waals surface area contributed by atoms with Crippen molar-refractivity contribution in [3.8, 4) is 0 Å². The third-order valence-corrected chi connectivity index (χ3v) is 3.94. The van der Waals surface area contributed by atoms with Crippen molar-refractivity contribution in [3.05, 3.63) is 29.8 Å². The maximum atomic E-state index is 5.33. The molecule has 5 heteroatoms. The van der Waals surface area contributed by atoms with Gasteiger partial charge in [0.25, 0.3) is 0 Å². The SMILES string of the molecule is CSc1ccc(CNCCN2CCOCC2)cc1.[Cl-]. The summed E-state index contributed by atoms with van der Waals surface area (Å²) in [6.07, 6.45) is 2.11. The van der Waals surface area contributed by atoms with Crippen molar-refractivity contribution in [2.45, 2.75) is 11.4 Å². The molecule has 1 N–H and O–H groups in total. The number of hydrogen-bond acceptors (Lipinski definition) is 4. The fourth-order valence-corrected chi connectivity index (χ4v) is 2.45. The van der Waals surface area contributed by atoms with Gasteiger partial charge in [-0.3, -0.25) is 4.90 Å². The number of benzene rings is 1. The number of nitrogens with zero attached hydrogens (tertiary/aromatic N) is 1. The molecule has 108 valence electrons. The van der Waals surface area contributed by atoms with Crippen molar-refractivity contribution in [2.24, 2.45) is 0 Å². The summed E-state index contributed by atoms with van der Waals surface area (Å²) in [6.45, 7) is 7.04. The van der Waals surface area contributed by atoms with Crippen molar-refractivity contribution < 1.29 is 17.1 Å². The Morgan fingerprint density at radius 3 is 2.53 bits per heavy atom. The molecule has 0 saturated carbocycles. The minimum atomic E-state index is 0. The molecule has 3 nitrogen and oxygen atoms in total. The molecule has 1 aromatic carbocycles. The average molecular weight is 302 g/mol. The first-order valence-electron chi connectivity index (χ1n) is 6.52. The number of ether oxygens (including phenoxy) is 1. The van der Waals surface area contributed by atoms with Crippen LogP contribution in [0, 0.1) is 0 Å². The molecule has 1 aliphatic heterocycles. The lowest BCUT2D eigenvalue weighted by Crippen LogP contribution is -3.00. The molecule has 0 bridgehead atoms. The van der Waals surface area contributed by atoms with Crippen LogP contribution in [0.25, 0.3) is 0 Å². The van der Waals surface area contributed by atoms with Crippen molar-refractivity contribution >= 4 is 11.8 Å². The van der Waals surface area contributed by atoms with Crippen LogP contribution in [0.4, 0.5) is 0 Å². The Balaban J connectivity index is 0.00000180. The Hall–Kier alpha value is -0.260. The molecule has 0 aromatic heterocycles. The van der Waals surface area contributed by atoms with Gasteiger partial charge >= 0.3 is 0 Å². The molecule has 1 aliphatic rings. The summed E-state index contributed by atoms with van der Waals surface area (Å²) in [7, 11) is 0. The second kappa shape index (κ2) is 9.61. The highest BCUT2D eigenvalue weighted by atomic mass is 35.5. The van der Waals surface area contributed by atoms with Crippen LogP contribution in [-0.2, 0) is 11.3 Å². The van der Waals surface area contributed by atoms with Crippen LogP contribution < -0.4 is 17.7 Å². The van der Waals surface area contributed by atoms with Crippen LogP contribution >= 0.6 is 11.8 Å². The third-order valence-electron chi connectivity index (χ3n) is 3.20. The molecule has 1 heterocycles. The topological polar surface area (TPSA) is 24.5 Å². The number of thioether (sulfide) groups is 1. The van der Waals surface area contributed by atoms with Gasteiger partial charge < -0.3 is 22.5 Å². The summed E-state index contributed by atoms with van der Waals surface area (Å²) in [4.78, 5) is 3.78. The first kappa shape index (κ1) is 16.8. The normalized spacial score (nSPS) is 16.1. The Bertz CT molecular complexity index is 342. The van der Waals surface area contributed by atoms with E-state index in [4.69, 9.17) is 4.74 Å². The predicted octanol–water partition coefficient (Wildman–Crippen LogP) is -1.17. The van der Waals surface area contributed by atoms with E-state index in [9.17, 15) is 0 Å². The molecule has 0 radical (unpaired) electrons. The van der Waals surface area contributed by atoms with Crippen LogP contribution in [-0.4, -0.2) is 50.5 Å².